The molecule has 1 aromatic heterocycles. The topological polar surface area (TPSA) is 69.0 Å². The molecule has 0 spiro atoms. The maximum Gasteiger partial charge on any atom is 0.230 e. The number of benzene rings is 1. The highest BCUT2D eigenvalue weighted by Gasteiger charge is 2.15. The van der Waals surface area contributed by atoms with Crippen molar-refractivity contribution < 1.29 is 9.53 Å². The Kier molecular flexibility index (Phi) is 7.29. The summed E-state index contributed by atoms with van der Waals surface area (Å²) in [6.07, 6.45) is 7.47. The number of amides is 1. The summed E-state index contributed by atoms with van der Waals surface area (Å²) in [6.45, 7) is 3.53. The molecule has 1 N–H and O–H groups in total. The van der Waals surface area contributed by atoms with Crippen LogP contribution in [0, 0.1) is 0 Å². The van der Waals surface area contributed by atoms with Crippen molar-refractivity contribution in [3.8, 4) is 0 Å². The SMILES string of the molecule is COCCCn1cnnc1SCC(=O)NC(C)c1ccc2c(c1)CCCC2. The molecule has 1 amide bonds. The highest BCUT2D eigenvalue weighted by atomic mass is 32.2. The minimum absolute atomic E-state index is 0.00454. The van der Waals surface area contributed by atoms with Gasteiger partial charge in [0, 0.05) is 20.3 Å². The van der Waals surface area contributed by atoms with E-state index in [1.165, 1.54) is 47.7 Å². The third-order valence-corrected chi connectivity index (χ3v) is 5.89. The minimum atomic E-state index is 0.00454. The van der Waals surface area contributed by atoms with Crippen molar-refractivity contribution in [1.29, 1.82) is 0 Å². The fourth-order valence-electron chi connectivity index (χ4n) is 3.41. The van der Waals surface area contributed by atoms with Gasteiger partial charge in [-0.2, -0.15) is 0 Å². The van der Waals surface area contributed by atoms with E-state index in [0.717, 1.165) is 24.5 Å². The Morgan fingerprint density at radius 2 is 2.15 bits per heavy atom. The second-order valence-corrected chi connectivity index (χ2v) is 7.91. The highest BCUT2D eigenvalue weighted by molar-refractivity contribution is 7.99. The number of hydrogen-bond acceptors (Lipinski definition) is 5. The van der Waals surface area contributed by atoms with Crippen LogP contribution >= 0.6 is 11.8 Å². The molecule has 1 aliphatic carbocycles. The van der Waals surface area contributed by atoms with Gasteiger partial charge in [-0.05, 0) is 55.7 Å². The lowest BCUT2D eigenvalue weighted by molar-refractivity contribution is -0.119. The molecule has 1 heterocycles. The van der Waals surface area contributed by atoms with Crippen LogP contribution in [0.3, 0.4) is 0 Å². The van der Waals surface area contributed by atoms with E-state index in [0.29, 0.717) is 12.4 Å². The molecule has 0 bridgehead atoms. The van der Waals surface area contributed by atoms with Gasteiger partial charge in [-0.3, -0.25) is 4.79 Å². The number of hydrogen-bond donors (Lipinski definition) is 1. The Morgan fingerprint density at radius 1 is 1.33 bits per heavy atom. The van der Waals surface area contributed by atoms with Crippen molar-refractivity contribution >= 4 is 17.7 Å². The van der Waals surface area contributed by atoms with Gasteiger partial charge in [-0.25, -0.2) is 0 Å². The van der Waals surface area contributed by atoms with Crippen molar-refractivity contribution in [2.45, 2.75) is 56.8 Å². The second-order valence-electron chi connectivity index (χ2n) is 6.97. The zero-order valence-corrected chi connectivity index (χ0v) is 16.9. The summed E-state index contributed by atoms with van der Waals surface area (Å²) < 4.78 is 7.04. The van der Waals surface area contributed by atoms with Crippen LogP contribution in [0.5, 0.6) is 0 Å². The third-order valence-electron chi connectivity index (χ3n) is 4.91. The van der Waals surface area contributed by atoms with Crippen LogP contribution in [0.1, 0.15) is 48.9 Å². The van der Waals surface area contributed by atoms with Crippen molar-refractivity contribution in [2.24, 2.45) is 0 Å². The van der Waals surface area contributed by atoms with Crippen LogP contribution in [0.4, 0.5) is 0 Å². The van der Waals surface area contributed by atoms with E-state index in [4.69, 9.17) is 4.74 Å². The first-order valence-electron chi connectivity index (χ1n) is 9.58. The van der Waals surface area contributed by atoms with Gasteiger partial charge in [0.1, 0.15) is 6.33 Å². The van der Waals surface area contributed by atoms with E-state index in [2.05, 4.69) is 33.7 Å². The van der Waals surface area contributed by atoms with Crippen molar-refractivity contribution in [1.82, 2.24) is 20.1 Å². The van der Waals surface area contributed by atoms with Gasteiger partial charge in [0.2, 0.25) is 5.91 Å². The Morgan fingerprint density at radius 3 is 2.96 bits per heavy atom. The summed E-state index contributed by atoms with van der Waals surface area (Å²) in [4.78, 5) is 12.4. The number of aryl methyl sites for hydroxylation is 3. The molecule has 7 heteroatoms. The molecule has 146 valence electrons. The lowest BCUT2D eigenvalue weighted by Gasteiger charge is -2.20. The largest absolute Gasteiger partial charge is 0.385 e. The number of nitrogens with one attached hydrogen (secondary N) is 1. The molecule has 1 aliphatic rings. The summed E-state index contributed by atoms with van der Waals surface area (Å²) in [6, 6.07) is 6.64. The molecular formula is C20H28N4O2S. The van der Waals surface area contributed by atoms with E-state index in [9.17, 15) is 4.79 Å². The molecule has 0 radical (unpaired) electrons. The van der Waals surface area contributed by atoms with E-state index >= 15 is 0 Å². The number of ether oxygens (including phenoxy) is 1. The van der Waals surface area contributed by atoms with Gasteiger partial charge in [0.05, 0.1) is 11.8 Å². The van der Waals surface area contributed by atoms with Crippen LogP contribution < -0.4 is 5.32 Å². The van der Waals surface area contributed by atoms with Crippen molar-refractivity contribution in [3.05, 3.63) is 41.2 Å². The smallest absolute Gasteiger partial charge is 0.230 e. The summed E-state index contributed by atoms with van der Waals surface area (Å²) in [5.41, 5.74) is 4.09. The fraction of sp³-hybridized carbons (Fsp3) is 0.550. The molecule has 1 atom stereocenters. The monoisotopic (exact) mass is 388 g/mol. The fourth-order valence-corrected chi connectivity index (χ4v) is 4.16. The summed E-state index contributed by atoms with van der Waals surface area (Å²) in [7, 11) is 1.69. The molecule has 1 aromatic carbocycles. The van der Waals surface area contributed by atoms with Crippen LogP contribution in [0.25, 0.3) is 0 Å². The zero-order valence-electron chi connectivity index (χ0n) is 16.1. The Balaban J connectivity index is 1.50. The van der Waals surface area contributed by atoms with Crippen LogP contribution in [0.15, 0.2) is 29.7 Å². The molecule has 1 unspecified atom stereocenters. The summed E-state index contributed by atoms with van der Waals surface area (Å²) >= 11 is 1.42. The van der Waals surface area contributed by atoms with Gasteiger partial charge >= 0.3 is 0 Å². The molecule has 2 aromatic rings. The van der Waals surface area contributed by atoms with E-state index in [1.807, 2.05) is 11.5 Å². The van der Waals surface area contributed by atoms with Crippen LogP contribution in [-0.2, 0) is 28.9 Å². The predicted octanol–water partition coefficient (Wildman–Crippen LogP) is 3.16. The first-order valence-corrected chi connectivity index (χ1v) is 10.6. The van der Waals surface area contributed by atoms with Gasteiger partial charge < -0.3 is 14.6 Å². The summed E-state index contributed by atoms with van der Waals surface area (Å²) in [5.74, 6) is 0.342. The maximum absolute atomic E-state index is 12.4. The number of fused-ring (bicyclic) bond motifs is 1. The van der Waals surface area contributed by atoms with E-state index in [-0.39, 0.29) is 11.9 Å². The van der Waals surface area contributed by atoms with Crippen LogP contribution in [-0.4, -0.2) is 40.1 Å². The standard InChI is InChI=1S/C20H28N4O2S/c1-15(17-9-8-16-6-3-4-7-18(16)12-17)22-19(25)13-27-20-23-21-14-24(20)10-5-11-26-2/h8-9,12,14-15H,3-7,10-11,13H2,1-2H3,(H,22,25). The van der Waals surface area contributed by atoms with Gasteiger partial charge in [-0.15, -0.1) is 10.2 Å². The Hall–Kier alpha value is -1.86. The molecule has 6 nitrogen and oxygen atoms in total. The molecule has 3 rings (SSSR count). The first-order chi connectivity index (χ1) is 13.2. The lowest BCUT2D eigenvalue weighted by atomic mass is 9.89. The van der Waals surface area contributed by atoms with Crippen molar-refractivity contribution in [3.63, 3.8) is 0 Å². The maximum atomic E-state index is 12.4. The normalized spacial score (nSPS) is 14.6. The number of nitrogens with zero attached hydrogens (tertiary/aromatic N) is 3. The Labute approximate surface area is 165 Å². The summed E-state index contributed by atoms with van der Waals surface area (Å²) in [5, 5.41) is 11.9. The average molecular weight is 389 g/mol. The Bertz CT molecular complexity index is 762. The molecule has 0 fully saturated rings. The quantitative estimate of drug-likeness (QED) is 0.528. The molecule has 0 saturated carbocycles. The van der Waals surface area contributed by atoms with E-state index < -0.39 is 0 Å². The number of methoxy groups -OCH3 is 1. The number of carbonyl (C=O) groups excluding carboxylic acids is 1. The number of carbonyl (C=O) groups is 1. The van der Waals surface area contributed by atoms with Crippen LogP contribution in [0.2, 0.25) is 0 Å². The van der Waals surface area contributed by atoms with Crippen molar-refractivity contribution in [2.75, 3.05) is 19.5 Å². The first kappa shape index (κ1) is 19.9. The zero-order chi connectivity index (χ0) is 19.1. The molecular weight excluding hydrogens is 360 g/mol. The van der Waals surface area contributed by atoms with Gasteiger partial charge in [-0.1, -0.05) is 30.0 Å². The number of thioether (sulfide) groups is 1. The third kappa shape index (κ3) is 5.56. The average Bonchev–Trinajstić information content (AvgIpc) is 3.13. The molecule has 0 saturated heterocycles. The minimum Gasteiger partial charge on any atom is -0.385 e. The number of rotatable bonds is 9. The lowest BCUT2D eigenvalue weighted by Crippen LogP contribution is -2.28. The molecule has 27 heavy (non-hydrogen) atoms. The highest BCUT2D eigenvalue weighted by Crippen LogP contribution is 2.25. The predicted molar refractivity (Wildman–Crippen MR) is 107 cm³/mol. The molecule has 0 aliphatic heterocycles. The van der Waals surface area contributed by atoms with Gasteiger partial charge in [0.25, 0.3) is 0 Å². The van der Waals surface area contributed by atoms with E-state index in [1.54, 1.807) is 13.4 Å². The second kappa shape index (κ2) is 9.90. The number of aromatic nitrogens is 3. The van der Waals surface area contributed by atoms with Gasteiger partial charge in [0.15, 0.2) is 5.16 Å².